The van der Waals surface area contributed by atoms with Gasteiger partial charge < -0.3 is 15.3 Å². The minimum Gasteiger partial charge on any atom is -0.476 e. The van der Waals surface area contributed by atoms with Gasteiger partial charge in [0.2, 0.25) is 11.8 Å². The molecule has 1 saturated heterocycles. The van der Waals surface area contributed by atoms with E-state index < -0.39 is 5.97 Å². The zero-order valence-corrected chi connectivity index (χ0v) is 14.9. The molecule has 0 spiro atoms. The van der Waals surface area contributed by atoms with Crippen molar-refractivity contribution in [3.63, 3.8) is 0 Å². The van der Waals surface area contributed by atoms with Gasteiger partial charge in [-0.05, 0) is 12.0 Å². The molecule has 2 amide bonds. The van der Waals surface area contributed by atoms with Crippen molar-refractivity contribution in [3.8, 4) is 0 Å². The Hall–Kier alpha value is -2.74. The van der Waals surface area contributed by atoms with Crippen LogP contribution in [-0.2, 0) is 22.6 Å². The lowest BCUT2D eigenvalue weighted by Gasteiger charge is -2.16. The van der Waals surface area contributed by atoms with Crippen molar-refractivity contribution < 1.29 is 19.5 Å². The Bertz CT molecular complexity index is 806. The van der Waals surface area contributed by atoms with E-state index in [0.29, 0.717) is 18.1 Å². The van der Waals surface area contributed by atoms with Gasteiger partial charge in [-0.1, -0.05) is 30.3 Å². The molecule has 1 fully saturated rings. The molecule has 7 nitrogen and oxygen atoms in total. The lowest BCUT2D eigenvalue weighted by molar-refractivity contribution is -0.129. The van der Waals surface area contributed by atoms with Gasteiger partial charge in [0.1, 0.15) is 5.01 Å². The number of rotatable bonds is 7. The number of likely N-dealkylation sites (tertiary alicyclic amines) is 1. The molecule has 1 aromatic heterocycles. The van der Waals surface area contributed by atoms with Crippen molar-refractivity contribution in [1.29, 1.82) is 0 Å². The second-order valence-electron chi connectivity index (χ2n) is 6.13. The monoisotopic (exact) mass is 373 g/mol. The molecule has 1 aliphatic heterocycles. The summed E-state index contributed by atoms with van der Waals surface area (Å²) in [6.07, 6.45) is 0.969. The van der Waals surface area contributed by atoms with Crippen LogP contribution in [0.5, 0.6) is 0 Å². The molecule has 2 aromatic rings. The number of nitrogens with zero attached hydrogens (tertiary/aromatic N) is 2. The third kappa shape index (κ3) is 4.45. The van der Waals surface area contributed by atoms with Crippen LogP contribution in [0.25, 0.3) is 0 Å². The van der Waals surface area contributed by atoms with Gasteiger partial charge in [-0.3, -0.25) is 9.59 Å². The van der Waals surface area contributed by atoms with E-state index in [-0.39, 0.29) is 36.4 Å². The molecule has 0 radical (unpaired) electrons. The summed E-state index contributed by atoms with van der Waals surface area (Å²) in [6, 6.07) is 9.92. The standard InChI is InChI=1S/C18H19N3O4S/c22-16-8-13(10-21(16)7-6-12-4-2-1-3-5-12)17(23)19-9-15-20-14(11-26-15)18(24)25/h1-5,11,13H,6-10H2,(H,19,23)(H,24,25). The number of carbonyl (C=O) groups is 3. The highest BCUT2D eigenvalue weighted by molar-refractivity contribution is 7.09. The van der Waals surface area contributed by atoms with Gasteiger partial charge in [0.25, 0.3) is 0 Å². The topological polar surface area (TPSA) is 99.6 Å². The molecule has 2 N–H and O–H groups in total. The van der Waals surface area contributed by atoms with Gasteiger partial charge in [-0.25, -0.2) is 9.78 Å². The lowest BCUT2D eigenvalue weighted by Crippen LogP contribution is -2.33. The van der Waals surface area contributed by atoms with E-state index in [4.69, 9.17) is 5.11 Å². The smallest absolute Gasteiger partial charge is 0.355 e. The maximum atomic E-state index is 12.3. The van der Waals surface area contributed by atoms with Gasteiger partial charge in [0, 0.05) is 24.9 Å². The van der Waals surface area contributed by atoms with E-state index in [0.717, 1.165) is 12.0 Å². The summed E-state index contributed by atoms with van der Waals surface area (Å²) in [7, 11) is 0. The van der Waals surface area contributed by atoms with Gasteiger partial charge >= 0.3 is 5.97 Å². The first-order valence-electron chi connectivity index (χ1n) is 8.30. The number of carbonyl (C=O) groups excluding carboxylic acids is 2. The van der Waals surface area contributed by atoms with E-state index in [9.17, 15) is 14.4 Å². The molecule has 0 bridgehead atoms. The van der Waals surface area contributed by atoms with Crippen LogP contribution >= 0.6 is 11.3 Å². The van der Waals surface area contributed by atoms with Crippen LogP contribution in [0.15, 0.2) is 35.7 Å². The number of carboxylic acids is 1. The van der Waals surface area contributed by atoms with E-state index in [1.807, 2.05) is 30.3 Å². The fraction of sp³-hybridized carbons (Fsp3) is 0.333. The van der Waals surface area contributed by atoms with Crippen molar-refractivity contribution in [2.24, 2.45) is 5.92 Å². The predicted molar refractivity (Wildman–Crippen MR) is 95.8 cm³/mol. The first-order valence-corrected chi connectivity index (χ1v) is 9.18. The van der Waals surface area contributed by atoms with Crippen LogP contribution in [0.2, 0.25) is 0 Å². The number of hydrogen-bond acceptors (Lipinski definition) is 5. The summed E-state index contributed by atoms with van der Waals surface area (Å²) in [5, 5.41) is 13.6. The summed E-state index contributed by atoms with van der Waals surface area (Å²) in [4.78, 5) is 40.9. The third-order valence-electron chi connectivity index (χ3n) is 4.28. The number of benzene rings is 1. The molecular formula is C18H19N3O4S. The van der Waals surface area contributed by atoms with E-state index >= 15 is 0 Å². The molecule has 1 aromatic carbocycles. The van der Waals surface area contributed by atoms with Crippen LogP contribution in [0.4, 0.5) is 0 Å². The average Bonchev–Trinajstić information content (AvgIpc) is 3.26. The highest BCUT2D eigenvalue weighted by Gasteiger charge is 2.33. The molecule has 0 saturated carbocycles. The molecule has 136 valence electrons. The normalized spacial score (nSPS) is 16.7. The number of hydrogen-bond donors (Lipinski definition) is 2. The molecule has 8 heteroatoms. The zero-order valence-electron chi connectivity index (χ0n) is 14.1. The van der Waals surface area contributed by atoms with Gasteiger partial charge in [-0.2, -0.15) is 0 Å². The summed E-state index contributed by atoms with van der Waals surface area (Å²) in [5.41, 5.74) is 1.13. The maximum Gasteiger partial charge on any atom is 0.355 e. The quantitative estimate of drug-likeness (QED) is 0.767. The predicted octanol–water partition coefficient (Wildman–Crippen LogP) is 1.55. The summed E-state index contributed by atoms with van der Waals surface area (Å²) >= 11 is 1.19. The molecule has 3 rings (SSSR count). The van der Waals surface area contributed by atoms with Crippen molar-refractivity contribution in [2.75, 3.05) is 13.1 Å². The first-order chi connectivity index (χ1) is 12.5. The minimum absolute atomic E-state index is 0.0107. The SMILES string of the molecule is O=C(O)c1csc(CNC(=O)C2CC(=O)N(CCc3ccccc3)C2)n1. The van der Waals surface area contributed by atoms with Crippen LogP contribution in [0.1, 0.15) is 27.5 Å². The molecule has 26 heavy (non-hydrogen) atoms. The number of carboxylic acid groups (broad SMARTS) is 1. The number of nitrogens with one attached hydrogen (secondary N) is 1. The lowest BCUT2D eigenvalue weighted by atomic mass is 10.1. The Labute approximate surface area is 154 Å². The Morgan fingerprint density at radius 1 is 1.31 bits per heavy atom. The van der Waals surface area contributed by atoms with Crippen LogP contribution in [0.3, 0.4) is 0 Å². The number of thiazole rings is 1. The fourth-order valence-electron chi connectivity index (χ4n) is 2.87. The second kappa shape index (κ2) is 8.09. The van der Waals surface area contributed by atoms with Crippen molar-refractivity contribution in [3.05, 3.63) is 52.0 Å². The van der Waals surface area contributed by atoms with Gasteiger partial charge in [0.15, 0.2) is 5.69 Å². The number of aromatic carboxylic acids is 1. The highest BCUT2D eigenvalue weighted by atomic mass is 32.1. The van der Waals surface area contributed by atoms with E-state index in [1.54, 1.807) is 4.90 Å². The molecule has 1 atom stereocenters. The van der Waals surface area contributed by atoms with Crippen LogP contribution in [-0.4, -0.2) is 45.9 Å². The second-order valence-corrected chi connectivity index (χ2v) is 7.07. The molecule has 2 heterocycles. The molecular weight excluding hydrogens is 354 g/mol. The van der Waals surface area contributed by atoms with Gasteiger partial charge in [-0.15, -0.1) is 11.3 Å². The zero-order chi connectivity index (χ0) is 18.5. The Kier molecular flexibility index (Phi) is 5.62. The third-order valence-corrected chi connectivity index (χ3v) is 5.13. The van der Waals surface area contributed by atoms with Gasteiger partial charge in [0.05, 0.1) is 12.5 Å². The molecule has 0 aliphatic carbocycles. The van der Waals surface area contributed by atoms with Crippen molar-refractivity contribution in [1.82, 2.24) is 15.2 Å². The van der Waals surface area contributed by atoms with Crippen molar-refractivity contribution in [2.45, 2.75) is 19.4 Å². The Morgan fingerprint density at radius 2 is 2.08 bits per heavy atom. The van der Waals surface area contributed by atoms with Crippen LogP contribution in [0, 0.1) is 5.92 Å². The van der Waals surface area contributed by atoms with Crippen LogP contribution < -0.4 is 5.32 Å². The first kappa shape index (κ1) is 18.1. The minimum atomic E-state index is -1.09. The fourth-order valence-corrected chi connectivity index (χ4v) is 3.58. The number of amides is 2. The summed E-state index contributed by atoms with van der Waals surface area (Å²) in [6.45, 7) is 1.18. The maximum absolute atomic E-state index is 12.3. The van der Waals surface area contributed by atoms with E-state index in [2.05, 4.69) is 10.3 Å². The molecule has 1 aliphatic rings. The Balaban J connectivity index is 1.47. The largest absolute Gasteiger partial charge is 0.476 e. The summed E-state index contributed by atoms with van der Waals surface area (Å²) < 4.78 is 0. The summed E-state index contributed by atoms with van der Waals surface area (Å²) in [5.74, 6) is -1.68. The Morgan fingerprint density at radius 3 is 2.77 bits per heavy atom. The average molecular weight is 373 g/mol. The highest BCUT2D eigenvalue weighted by Crippen LogP contribution is 2.19. The van der Waals surface area contributed by atoms with Crippen molar-refractivity contribution >= 4 is 29.1 Å². The number of aromatic nitrogens is 1. The molecule has 1 unspecified atom stereocenters. The van der Waals surface area contributed by atoms with E-state index in [1.165, 1.54) is 16.7 Å².